The number of nitrogens with zero attached hydrogens (tertiary/aromatic N) is 3. The van der Waals surface area contributed by atoms with Crippen LogP contribution in [-0.2, 0) is 5.41 Å². The summed E-state index contributed by atoms with van der Waals surface area (Å²) in [5.74, 6) is 2.33. The van der Waals surface area contributed by atoms with Gasteiger partial charge in [0.25, 0.3) is 0 Å². The monoisotopic (exact) mass is 654 g/mol. The first-order valence-corrected chi connectivity index (χ1v) is 17.1. The Hall–Kier alpha value is -6.01. The molecule has 3 aromatic heterocycles. The molecule has 0 saturated carbocycles. The first kappa shape index (κ1) is 30.1. The SMILES string of the molecule is Cc1cccc(C)c1N1C=CNC1c1cc(Oc2ccc3c4ccccc4n(-c4cc(C(C)(C)C)ccn4)c3c2)cc2oc3ccccc3c12. The number of para-hydroxylation sites is 3. The Morgan fingerprint density at radius 3 is 2.30 bits per heavy atom. The number of hydrogen-bond acceptors (Lipinski definition) is 5. The Bertz CT molecular complexity index is 2620. The lowest BCUT2D eigenvalue weighted by molar-refractivity contribution is 0.481. The number of aromatic nitrogens is 2. The zero-order valence-corrected chi connectivity index (χ0v) is 28.9. The molecular weight excluding hydrogens is 617 g/mol. The molecule has 4 heterocycles. The summed E-state index contributed by atoms with van der Waals surface area (Å²) in [6, 6.07) is 38.0. The van der Waals surface area contributed by atoms with Gasteiger partial charge in [0.1, 0.15) is 34.6 Å². The molecule has 246 valence electrons. The quantitative estimate of drug-likeness (QED) is 0.200. The fraction of sp³-hybridized carbons (Fsp3) is 0.159. The fourth-order valence-corrected chi connectivity index (χ4v) is 7.58. The van der Waals surface area contributed by atoms with Crippen molar-refractivity contribution < 1.29 is 9.15 Å². The molecule has 0 aliphatic carbocycles. The van der Waals surface area contributed by atoms with E-state index in [-0.39, 0.29) is 11.6 Å². The molecule has 9 rings (SSSR count). The van der Waals surface area contributed by atoms with E-state index in [9.17, 15) is 0 Å². The van der Waals surface area contributed by atoms with Gasteiger partial charge in [0.05, 0.1) is 11.0 Å². The average Bonchev–Trinajstić information content (AvgIpc) is 3.82. The molecule has 1 N–H and O–H groups in total. The second-order valence-electron chi connectivity index (χ2n) is 14.3. The smallest absolute Gasteiger partial charge is 0.139 e. The van der Waals surface area contributed by atoms with E-state index in [1.165, 1.54) is 27.8 Å². The van der Waals surface area contributed by atoms with Crippen molar-refractivity contribution in [1.29, 1.82) is 0 Å². The lowest BCUT2D eigenvalue weighted by Gasteiger charge is -2.29. The Morgan fingerprint density at radius 2 is 1.48 bits per heavy atom. The fourth-order valence-electron chi connectivity index (χ4n) is 7.58. The van der Waals surface area contributed by atoms with E-state index >= 15 is 0 Å². The Labute approximate surface area is 291 Å². The number of anilines is 1. The van der Waals surface area contributed by atoms with Crippen LogP contribution in [0, 0.1) is 13.8 Å². The van der Waals surface area contributed by atoms with Gasteiger partial charge in [0, 0.05) is 63.5 Å². The van der Waals surface area contributed by atoms with Crippen LogP contribution in [0.5, 0.6) is 11.5 Å². The molecule has 0 amide bonds. The van der Waals surface area contributed by atoms with Gasteiger partial charge < -0.3 is 19.4 Å². The molecule has 0 spiro atoms. The molecule has 0 fully saturated rings. The van der Waals surface area contributed by atoms with Crippen LogP contribution in [0.4, 0.5) is 5.69 Å². The summed E-state index contributed by atoms with van der Waals surface area (Å²) in [7, 11) is 0. The summed E-state index contributed by atoms with van der Waals surface area (Å²) in [6.45, 7) is 11.0. The van der Waals surface area contributed by atoms with E-state index in [4.69, 9.17) is 14.1 Å². The molecule has 6 nitrogen and oxygen atoms in total. The minimum atomic E-state index is -0.159. The maximum Gasteiger partial charge on any atom is 0.139 e. The summed E-state index contributed by atoms with van der Waals surface area (Å²) in [6.07, 6.45) is 5.90. The Balaban J connectivity index is 1.20. The molecule has 0 bridgehead atoms. The first-order valence-electron chi connectivity index (χ1n) is 17.1. The van der Waals surface area contributed by atoms with Gasteiger partial charge in [0.15, 0.2) is 0 Å². The van der Waals surface area contributed by atoms with Gasteiger partial charge in [-0.2, -0.15) is 0 Å². The van der Waals surface area contributed by atoms with Crippen LogP contribution in [0.15, 0.2) is 132 Å². The third-order valence-electron chi connectivity index (χ3n) is 9.96. The predicted octanol–water partition coefficient (Wildman–Crippen LogP) is 11.4. The van der Waals surface area contributed by atoms with E-state index in [1.807, 2.05) is 30.6 Å². The Morgan fingerprint density at radius 1 is 0.720 bits per heavy atom. The number of aryl methyl sites for hydroxylation is 2. The van der Waals surface area contributed by atoms with Crippen LogP contribution >= 0.6 is 0 Å². The van der Waals surface area contributed by atoms with Gasteiger partial charge in [-0.1, -0.05) is 75.4 Å². The van der Waals surface area contributed by atoms with E-state index in [2.05, 4.69) is 147 Å². The molecule has 50 heavy (non-hydrogen) atoms. The third kappa shape index (κ3) is 4.82. The molecular formula is C44H38N4O2. The normalized spacial score (nSPS) is 14.7. The molecule has 1 atom stereocenters. The lowest BCUT2D eigenvalue weighted by atomic mass is 9.88. The number of fused-ring (bicyclic) bond motifs is 6. The molecule has 8 aromatic rings. The van der Waals surface area contributed by atoms with Gasteiger partial charge in [0.2, 0.25) is 0 Å². The summed E-state index contributed by atoms with van der Waals surface area (Å²) < 4.78 is 15.5. The van der Waals surface area contributed by atoms with Crippen molar-refractivity contribution in [2.24, 2.45) is 0 Å². The molecule has 0 radical (unpaired) electrons. The highest BCUT2D eigenvalue weighted by atomic mass is 16.5. The summed E-state index contributed by atoms with van der Waals surface area (Å²) >= 11 is 0. The molecule has 5 aromatic carbocycles. The van der Waals surface area contributed by atoms with Crippen LogP contribution < -0.4 is 15.0 Å². The number of ether oxygens (including phenoxy) is 1. The standard InChI is InChI=1S/C44H38N4O2/c1-27-11-10-12-28(2)42(27)47-22-21-46-43(47)35-24-31(26-39-41(35)34-14-7-9-16-38(34)50-39)49-30-17-18-33-32-13-6-8-15-36(32)48(37(33)25-30)40-23-29(19-20-45-40)44(3,4)5/h6-26,43,46H,1-5H3. The summed E-state index contributed by atoms with van der Waals surface area (Å²) in [5.41, 5.74) is 9.71. The topological polar surface area (TPSA) is 55.5 Å². The maximum absolute atomic E-state index is 6.78. The van der Waals surface area contributed by atoms with Crippen LogP contribution in [0.25, 0.3) is 49.6 Å². The molecule has 1 aliphatic rings. The summed E-state index contributed by atoms with van der Waals surface area (Å²) in [5, 5.41) is 8.11. The maximum atomic E-state index is 6.78. The van der Waals surface area contributed by atoms with Gasteiger partial charge in [-0.05, 0) is 78.4 Å². The van der Waals surface area contributed by atoms with Crippen molar-refractivity contribution in [1.82, 2.24) is 14.9 Å². The second-order valence-corrected chi connectivity index (χ2v) is 14.3. The molecule has 6 heteroatoms. The molecule has 1 aliphatic heterocycles. The first-order chi connectivity index (χ1) is 24.2. The van der Waals surface area contributed by atoms with Gasteiger partial charge >= 0.3 is 0 Å². The third-order valence-corrected chi connectivity index (χ3v) is 9.96. The molecule has 0 saturated heterocycles. The van der Waals surface area contributed by atoms with Crippen LogP contribution in [0.3, 0.4) is 0 Å². The minimum Gasteiger partial charge on any atom is -0.457 e. The highest BCUT2D eigenvalue weighted by molar-refractivity contribution is 6.10. The van der Waals surface area contributed by atoms with E-state index in [1.54, 1.807) is 0 Å². The number of hydrogen-bond donors (Lipinski definition) is 1. The average molecular weight is 655 g/mol. The van der Waals surface area contributed by atoms with Crippen molar-refractivity contribution in [3.8, 4) is 17.3 Å². The number of furan rings is 1. The highest BCUT2D eigenvalue weighted by Gasteiger charge is 2.29. The lowest BCUT2D eigenvalue weighted by Crippen LogP contribution is -2.28. The highest BCUT2D eigenvalue weighted by Crippen LogP contribution is 2.43. The van der Waals surface area contributed by atoms with Gasteiger partial charge in [-0.3, -0.25) is 4.57 Å². The van der Waals surface area contributed by atoms with E-state index in [0.717, 1.165) is 55.5 Å². The van der Waals surface area contributed by atoms with E-state index < -0.39 is 0 Å². The van der Waals surface area contributed by atoms with Crippen molar-refractivity contribution in [2.45, 2.75) is 46.2 Å². The van der Waals surface area contributed by atoms with Crippen molar-refractivity contribution >= 4 is 49.4 Å². The number of pyridine rings is 1. The van der Waals surface area contributed by atoms with E-state index in [0.29, 0.717) is 5.75 Å². The van der Waals surface area contributed by atoms with Gasteiger partial charge in [-0.15, -0.1) is 0 Å². The second kappa shape index (κ2) is 11.3. The summed E-state index contributed by atoms with van der Waals surface area (Å²) in [4.78, 5) is 7.17. The van der Waals surface area contributed by atoms with Crippen molar-refractivity contribution in [3.63, 3.8) is 0 Å². The molecule has 1 unspecified atom stereocenters. The van der Waals surface area contributed by atoms with Gasteiger partial charge in [-0.25, -0.2) is 4.98 Å². The minimum absolute atomic E-state index is 0.00505. The largest absolute Gasteiger partial charge is 0.457 e. The predicted molar refractivity (Wildman–Crippen MR) is 204 cm³/mol. The Kier molecular flexibility index (Phi) is 6.78. The van der Waals surface area contributed by atoms with Crippen LogP contribution in [0.1, 0.15) is 49.2 Å². The number of benzene rings is 5. The zero-order valence-electron chi connectivity index (χ0n) is 28.9. The van der Waals surface area contributed by atoms with Crippen molar-refractivity contribution in [2.75, 3.05) is 4.90 Å². The van der Waals surface area contributed by atoms with Crippen molar-refractivity contribution in [3.05, 3.63) is 150 Å². The zero-order chi connectivity index (χ0) is 34.1. The number of nitrogens with one attached hydrogen (secondary N) is 1. The van der Waals surface area contributed by atoms with Crippen LogP contribution in [-0.4, -0.2) is 9.55 Å². The number of rotatable bonds is 5. The van der Waals surface area contributed by atoms with Crippen LogP contribution in [0.2, 0.25) is 0 Å².